The number of ether oxygens (including phenoxy) is 1. The van der Waals surface area contributed by atoms with E-state index in [1.54, 1.807) is 19.1 Å². The summed E-state index contributed by atoms with van der Waals surface area (Å²) in [6, 6.07) is 4.68. The zero-order valence-corrected chi connectivity index (χ0v) is 9.84. The van der Waals surface area contributed by atoms with Crippen molar-refractivity contribution in [1.82, 2.24) is 0 Å². The summed E-state index contributed by atoms with van der Waals surface area (Å²) < 4.78 is 28.0. The van der Waals surface area contributed by atoms with Crippen LogP contribution in [0.2, 0.25) is 0 Å². The monoisotopic (exact) mass is 229 g/mol. The van der Waals surface area contributed by atoms with Crippen LogP contribution in [0.15, 0.2) is 23.1 Å². The Morgan fingerprint density at radius 1 is 1.40 bits per heavy atom. The summed E-state index contributed by atoms with van der Waals surface area (Å²) in [7, 11) is -1.84. The fourth-order valence-corrected chi connectivity index (χ4v) is 2.27. The molecule has 0 aromatic heterocycles. The van der Waals surface area contributed by atoms with E-state index in [9.17, 15) is 8.42 Å². The molecule has 4 nitrogen and oxygen atoms in total. The fraction of sp³-hybridized carbons (Fsp3) is 0.400. The van der Waals surface area contributed by atoms with Gasteiger partial charge in [0.25, 0.3) is 0 Å². The second-order valence-electron chi connectivity index (χ2n) is 3.44. The molecule has 0 saturated heterocycles. The highest BCUT2D eigenvalue weighted by Gasteiger charge is 2.18. The van der Waals surface area contributed by atoms with Crippen molar-refractivity contribution in [3.8, 4) is 5.75 Å². The molecular formula is C10H15NO3S. The van der Waals surface area contributed by atoms with Gasteiger partial charge in [0.05, 0.1) is 7.11 Å². The first kappa shape index (κ1) is 12.0. The van der Waals surface area contributed by atoms with Gasteiger partial charge in [0.15, 0.2) is 9.84 Å². The van der Waals surface area contributed by atoms with Gasteiger partial charge in [-0.2, -0.15) is 0 Å². The summed E-state index contributed by atoms with van der Waals surface area (Å²) in [5, 5.41) is 0. The summed E-state index contributed by atoms with van der Waals surface area (Å²) >= 11 is 0. The Balaban J connectivity index is 3.49. The molecule has 0 fully saturated rings. The zero-order valence-electron chi connectivity index (χ0n) is 9.02. The predicted molar refractivity (Wildman–Crippen MR) is 58.7 cm³/mol. The van der Waals surface area contributed by atoms with Crippen LogP contribution in [0.4, 0.5) is 0 Å². The predicted octanol–water partition coefficient (Wildman–Crippen LogP) is 1.12. The number of benzene rings is 1. The maximum atomic E-state index is 11.5. The largest absolute Gasteiger partial charge is 0.495 e. The number of rotatable bonds is 3. The van der Waals surface area contributed by atoms with Crippen LogP contribution in [0.3, 0.4) is 0 Å². The molecule has 0 spiro atoms. The average molecular weight is 229 g/mol. The molecule has 1 unspecified atom stereocenters. The van der Waals surface area contributed by atoms with Crippen LogP contribution in [-0.2, 0) is 9.84 Å². The lowest BCUT2D eigenvalue weighted by Crippen LogP contribution is -2.10. The van der Waals surface area contributed by atoms with E-state index in [2.05, 4.69) is 0 Å². The first-order valence-electron chi connectivity index (χ1n) is 4.50. The van der Waals surface area contributed by atoms with Gasteiger partial charge in [0.1, 0.15) is 10.6 Å². The normalized spacial score (nSPS) is 13.6. The molecule has 1 aromatic carbocycles. The smallest absolute Gasteiger partial charge is 0.179 e. The molecule has 5 heteroatoms. The standard InChI is InChI=1S/C10H15NO3S/c1-7(11)8-5-4-6-9(10(8)14-2)15(3,12)13/h4-7H,11H2,1-3H3. The Kier molecular flexibility index (Phi) is 3.36. The number of nitrogens with two attached hydrogens (primary N) is 1. The van der Waals surface area contributed by atoms with Crippen LogP contribution >= 0.6 is 0 Å². The molecular weight excluding hydrogens is 214 g/mol. The third-order valence-electron chi connectivity index (χ3n) is 2.10. The topological polar surface area (TPSA) is 69.4 Å². The molecule has 0 aliphatic carbocycles. The molecule has 0 aliphatic rings. The molecule has 0 heterocycles. The molecule has 0 bridgehead atoms. The third kappa shape index (κ3) is 2.49. The van der Waals surface area contributed by atoms with E-state index in [1.807, 2.05) is 0 Å². The van der Waals surface area contributed by atoms with Gasteiger partial charge in [-0.15, -0.1) is 0 Å². The number of hydrogen-bond acceptors (Lipinski definition) is 4. The van der Waals surface area contributed by atoms with Crippen molar-refractivity contribution in [2.45, 2.75) is 17.9 Å². The molecule has 15 heavy (non-hydrogen) atoms. The minimum Gasteiger partial charge on any atom is -0.495 e. The minimum atomic E-state index is -3.28. The van der Waals surface area contributed by atoms with Crippen molar-refractivity contribution in [3.63, 3.8) is 0 Å². The van der Waals surface area contributed by atoms with Gasteiger partial charge in [-0.05, 0) is 13.0 Å². The number of sulfone groups is 1. The van der Waals surface area contributed by atoms with Crippen molar-refractivity contribution >= 4 is 9.84 Å². The second kappa shape index (κ2) is 4.20. The summed E-state index contributed by atoms with van der Waals surface area (Å²) in [4.78, 5) is 0.180. The minimum absolute atomic E-state index is 0.180. The maximum Gasteiger partial charge on any atom is 0.179 e. The van der Waals surface area contributed by atoms with Crippen molar-refractivity contribution in [1.29, 1.82) is 0 Å². The van der Waals surface area contributed by atoms with Crippen LogP contribution in [0.1, 0.15) is 18.5 Å². The fourth-order valence-electron chi connectivity index (χ4n) is 1.40. The second-order valence-corrected chi connectivity index (χ2v) is 5.42. The Morgan fingerprint density at radius 2 is 2.00 bits per heavy atom. The van der Waals surface area contributed by atoms with Gasteiger partial charge < -0.3 is 10.5 Å². The van der Waals surface area contributed by atoms with Crippen LogP contribution in [0.5, 0.6) is 5.75 Å². The molecule has 0 saturated carbocycles. The van der Waals surface area contributed by atoms with Crippen LogP contribution < -0.4 is 10.5 Å². The Bertz CT molecular complexity index is 452. The van der Waals surface area contributed by atoms with Gasteiger partial charge in [-0.3, -0.25) is 0 Å². The van der Waals surface area contributed by atoms with Crippen LogP contribution in [-0.4, -0.2) is 21.8 Å². The van der Waals surface area contributed by atoms with E-state index in [0.29, 0.717) is 11.3 Å². The van der Waals surface area contributed by atoms with Gasteiger partial charge >= 0.3 is 0 Å². The lowest BCUT2D eigenvalue weighted by molar-refractivity contribution is 0.395. The molecule has 1 atom stereocenters. The number of methoxy groups -OCH3 is 1. The molecule has 1 aromatic rings. The van der Waals surface area contributed by atoms with E-state index in [-0.39, 0.29) is 10.9 Å². The van der Waals surface area contributed by atoms with Crippen LogP contribution in [0, 0.1) is 0 Å². The molecule has 2 N–H and O–H groups in total. The Morgan fingerprint density at radius 3 is 2.40 bits per heavy atom. The summed E-state index contributed by atoms with van der Waals surface area (Å²) in [5.41, 5.74) is 6.42. The van der Waals surface area contributed by atoms with E-state index >= 15 is 0 Å². The zero-order chi connectivity index (χ0) is 11.6. The SMILES string of the molecule is COc1c(C(C)N)cccc1S(C)(=O)=O. The van der Waals surface area contributed by atoms with Crippen molar-refractivity contribution in [2.24, 2.45) is 5.73 Å². The van der Waals surface area contributed by atoms with E-state index in [1.165, 1.54) is 13.2 Å². The third-order valence-corrected chi connectivity index (χ3v) is 3.22. The number of para-hydroxylation sites is 1. The molecule has 0 aliphatic heterocycles. The maximum absolute atomic E-state index is 11.5. The molecule has 0 radical (unpaired) electrons. The first-order valence-corrected chi connectivity index (χ1v) is 6.39. The van der Waals surface area contributed by atoms with E-state index in [4.69, 9.17) is 10.5 Å². The van der Waals surface area contributed by atoms with E-state index in [0.717, 1.165) is 6.26 Å². The lowest BCUT2D eigenvalue weighted by Gasteiger charge is -2.14. The highest BCUT2D eigenvalue weighted by molar-refractivity contribution is 7.90. The summed E-state index contributed by atoms with van der Waals surface area (Å²) in [6.45, 7) is 1.78. The first-order chi connectivity index (χ1) is 6.88. The van der Waals surface area contributed by atoms with Crippen molar-refractivity contribution in [2.75, 3.05) is 13.4 Å². The van der Waals surface area contributed by atoms with E-state index < -0.39 is 9.84 Å². The quantitative estimate of drug-likeness (QED) is 0.843. The number of hydrogen-bond donors (Lipinski definition) is 1. The Labute approximate surface area is 90.0 Å². The highest BCUT2D eigenvalue weighted by Crippen LogP contribution is 2.30. The Hall–Kier alpha value is -1.07. The van der Waals surface area contributed by atoms with Crippen molar-refractivity contribution < 1.29 is 13.2 Å². The highest BCUT2D eigenvalue weighted by atomic mass is 32.2. The van der Waals surface area contributed by atoms with Gasteiger partial charge in [-0.25, -0.2) is 8.42 Å². The lowest BCUT2D eigenvalue weighted by atomic mass is 10.1. The molecule has 0 amide bonds. The molecule has 1 rings (SSSR count). The van der Waals surface area contributed by atoms with Crippen molar-refractivity contribution in [3.05, 3.63) is 23.8 Å². The van der Waals surface area contributed by atoms with Gasteiger partial charge in [0.2, 0.25) is 0 Å². The summed E-state index contributed by atoms with van der Waals surface area (Å²) in [6.07, 6.45) is 1.15. The van der Waals surface area contributed by atoms with Gasteiger partial charge in [-0.1, -0.05) is 12.1 Å². The summed E-state index contributed by atoms with van der Waals surface area (Å²) in [5.74, 6) is 0.343. The molecule has 84 valence electrons. The van der Waals surface area contributed by atoms with Gasteiger partial charge in [0, 0.05) is 17.9 Å². The average Bonchev–Trinajstić information content (AvgIpc) is 2.15. The van der Waals surface area contributed by atoms with Crippen LogP contribution in [0.25, 0.3) is 0 Å².